The van der Waals surface area contributed by atoms with Gasteiger partial charge >= 0.3 is 0 Å². The van der Waals surface area contributed by atoms with Gasteiger partial charge < -0.3 is 9.64 Å². The second kappa shape index (κ2) is 7.26. The minimum Gasteiger partial charge on any atom is -0.381 e. The van der Waals surface area contributed by atoms with Crippen LogP contribution < -0.4 is 0 Å². The summed E-state index contributed by atoms with van der Waals surface area (Å²) in [6.45, 7) is 9.13. The van der Waals surface area contributed by atoms with Gasteiger partial charge in [-0.2, -0.15) is 0 Å². The number of benzene rings is 1. The molecule has 0 spiro atoms. The van der Waals surface area contributed by atoms with Crippen molar-refractivity contribution in [2.24, 2.45) is 5.92 Å². The Bertz CT molecular complexity index is 745. The lowest BCUT2D eigenvalue weighted by atomic mass is 10.1. The molecule has 24 heavy (non-hydrogen) atoms. The third kappa shape index (κ3) is 3.56. The molecular weight excluding hydrogens is 302 g/mol. The lowest BCUT2D eigenvalue weighted by Gasteiger charge is -2.17. The third-order valence-electron chi connectivity index (χ3n) is 4.60. The number of aromatic nitrogens is 2. The van der Waals surface area contributed by atoms with Crippen molar-refractivity contribution in [2.45, 2.75) is 33.6 Å². The van der Waals surface area contributed by atoms with E-state index in [2.05, 4.69) is 16.9 Å². The summed E-state index contributed by atoms with van der Waals surface area (Å²) < 4.78 is 5.63. The van der Waals surface area contributed by atoms with Crippen molar-refractivity contribution < 1.29 is 9.53 Å². The first-order valence-corrected chi connectivity index (χ1v) is 8.70. The van der Waals surface area contributed by atoms with Crippen LogP contribution in [0.4, 0.5) is 0 Å². The van der Waals surface area contributed by atoms with Gasteiger partial charge in [0.15, 0.2) is 0 Å². The summed E-state index contributed by atoms with van der Waals surface area (Å²) in [6, 6.07) is 5.60. The molecule has 1 atom stereocenters. The van der Waals surface area contributed by atoms with Gasteiger partial charge in [-0.3, -0.25) is 4.79 Å². The van der Waals surface area contributed by atoms with Gasteiger partial charge in [0.1, 0.15) is 0 Å². The van der Waals surface area contributed by atoms with Gasteiger partial charge in [-0.25, -0.2) is 9.97 Å². The average molecular weight is 327 g/mol. The number of nitrogens with zero attached hydrogens (tertiary/aromatic N) is 3. The second-order valence-corrected chi connectivity index (χ2v) is 6.58. The van der Waals surface area contributed by atoms with E-state index in [9.17, 15) is 4.79 Å². The molecule has 1 aliphatic rings. The maximum absolute atomic E-state index is 12.8. The van der Waals surface area contributed by atoms with E-state index in [4.69, 9.17) is 4.74 Å². The number of rotatable bonds is 5. The molecule has 128 valence electrons. The fourth-order valence-electron chi connectivity index (χ4n) is 3.09. The van der Waals surface area contributed by atoms with Gasteiger partial charge in [0, 0.05) is 31.2 Å². The largest absolute Gasteiger partial charge is 0.381 e. The molecule has 5 heteroatoms. The van der Waals surface area contributed by atoms with Crippen LogP contribution in [0.15, 0.2) is 18.2 Å². The van der Waals surface area contributed by atoms with Gasteiger partial charge in [0.05, 0.1) is 29.0 Å². The number of carbonyl (C=O) groups is 1. The van der Waals surface area contributed by atoms with Crippen molar-refractivity contribution in [2.75, 3.05) is 26.3 Å². The molecule has 1 aromatic carbocycles. The molecule has 3 rings (SSSR count). The Balaban J connectivity index is 1.71. The van der Waals surface area contributed by atoms with E-state index in [1.807, 2.05) is 36.9 Å². The van der Waals surface area contributed by atoms with E-state index in [1.54, 1.807) is 0 Å². The van der Waals surface area contributed by atoms with Crippen LogP contribution in [0.3, 0.4) is 0 Å². The highest BCUT2D eigenvalue weighted by Crippen LogP contribution is 2.21. The molecule has 0 N–H and O–H groups in total. The van der Waals surface area contributed by atoms with Crippen molar-refractivity contribution >= 4 is 16.9 Å². The maximum atomic E-state index is 12.8. The van der Waals surface area contributed by atoms with E-state index < -0.39 is 0 Å². The standard InChI is InChI=1S/C19H25N3O2/c1-4-9-24-12-15-7-8-22(11-15)19(23)16-5-6-17-18(10-16)21-14(3)13(2)20-17/h5-6,10,15H,4,7-9,11-12H2,1-3H3. The number of aryl methyl sites for hydroxylation is 2. The molecule has 1 aliphatic heterocycles. The minimum absolute atomic E-state index is 0.0786. The Labute approximate surface area is 143 Å². The summed E-state index contributed by atoms with van der Waals surface area (Å²) in [5.41, 5.74) is 4.14. The van der Waals surface area contributed by atoms with Crippen molar-refractivity contribution in [3.63, 3.8) is 0 Å². The van der Waals surface area contributed by atoms with Crippen LogP contribution in [0.2, 0.25) is 0 Å². The summed E-state index contributed by atoms with van der Waals surface area (Å²) in [5.74, 6) is 0.528. The first-order chi connectivity index (χ1) is 11.6. The zero-order valence-corrected chi connectivity index (χ0v) is 14.7. The van der Waals surface area contributed by atoms with Gasteiger partial charge in [-0.1, -0.05) is 6.92 Å². The van der Waals surface area contributed by atoms with Crippen LogP contribution in [0.5, 0.6) is 0 Å². The Hall–Kier alpha value is -2.01. The number of hydrogen-bond acceptors (Lipinski definition) is 4. The highest BCUT2D eigenvalue weighted by molar-refractivity contribution is 5.97. The number of amides is 1. The molecule has 0 saturated carbocycles. The average Bonchev–Trinajstić information content (AvgIpc) is 3.04. The van der Waals surface area contributed by atoms with Crippen LogP contribution in [0.25, 0.3) is 11.0 Å². The van der Waals surface area contributed by atoms with Crippen molar-refractivity contribution in [1.29, 1.82) is 0 Å². The van der Waals surface area contributed by atoms with E-state index in [0.29, 0.717) is 11.5 Å². The summed E-state index contributed by atoms with van der Waals surface area (Å²) in [6.07, 6.45) is 2.05. The number of ether oxygens (including phenoxy) is 1. The summed E-state index contributed by atoms with van der Waals surface area (Å²) in [7, 11) is 0. The van der Waals surface area contributed by atoms with Crippen LogP contribution in [0.1, 0.15) is 41.5 Å². The van der Waals surface area contributed by atoms with Crippen LogP contribution >= 0.6 is 0 Å². The molecule has 2 aromatic rings. The Morgan fingerprint density at radius 3 is 2.75 bits per heavy atom. The van der Waals surface area contributed by atoms with Crippen molar-refractivity contribution in [3.8, 4) is 0 Å². The normalized spacial score (nSPS) is 17.6. The SMILES string of the molecule is CCCOCC1CCN(C(=O)c2ccc3nc(C)c(C)nc3c2)C1. The highest BCUT2D eigenvalue weighted by atomic mass is 16.5. The molecule has 1 amide bonds. The fourth-order valence-corrected chi connectivity index (χ4v) is 3.09. The molecular formula is C19H25N3O2. The number of likely N-dealkylation sites (tertiary alicyclic amines) is 1. The summed E-state index contributed by atoms with van der Waals surface area (Å²) in [5, 5.41) is 0. The zero-order valence-electron chi connectivity index (χ0n) is 14.7. The first kappa shape index (κ1) is 16.8. The monoisotopic (exact) mass is 327 g/mol. The third-order valence-corrected chi connectivity index (χ3v) is 4.60. The fraction of sp³-hybridized carbons (Fsp3) is 0.526. The Kier molecular flexibility index (Phi) is 5.09. The van der Waals surface area contributed by atoms with E-state index >= 15 is 0 Å². The molecule has 1 aromatic heterocycles. The number of fused-ring (bicyclic) bond motifs is 1. The quantitative estimate of drug-likeness (QED) is 0.792. The van der Waals surface area contributed by atoms with Crippen molar-refractivity contribution in [3.05, 3.63) is 35.2 Å². The number of hydrogen-bond donors (Lipinski definition) is 0. The Morgan fingerprint density at radius 2 is 2.00 bits per heavy atom. The predicted octanol–water partition coefficient (Wildman–Crippen LogP) is 3.14. The highest BCUT2D eigenvalue weighted by Gasteiger charge is 2.27. The zero-order chi connectivity index (χ0) is 17.1. The van der Waals surface area contributed by atoms with E-state index in [-0.39, 0.29) is 5.91 Å². The summed E-state index contributed by atoms with van der Waals surface area (Å²) in [4.78, 5) is 23.8. The topological polar surface area (TPSA) is 55.3 Å². The first-order valence-electron chi connectivity index (χ1n) is 8.70. The molecule has 0 bridgehead atoms. The van der Waals surface area contributed by atoms with Crippen LogP contribution in [-0.4, -0.2) is 47.1 Å². The lowest BCUT2D eigenvalue weighted by molar-refractivity contribution is 0.0754. The maximum Gasteiger partial charge on any atom is 0.253 e. The van der Waals surface area contributed by atoms with E-state index in [0.717, 1.165) is 61.6 Å². The predicted molar refractivity (Wildman–Crippen MR) is 94.1 cm³/mol. The second-order valence-electron chi connectivity index (χ2n) is 6.58. The van der Waals surface area contributed by atoms with Gasteiger partial charge in [0.2, 0.25) is 0 Å². The minimum atomic E-state index is 0.0786. The molecule has 2 heterocycles. The lowest BCUT2D eigenvalue weighted by Crippen LogP contribution is -2.29. The van der Waals surface area contributed by atoms with Crippen molar-refractivity contribution in [1.82, 2.24) is 14.9 Å². The number of carbonyl (C=O) groups excluding carboxylic acids is 1. The molecule has 1 unspecified atom stereocenters. The van der Waals surface area contributed by atoms with Crippen LogP contribution in [0, 0.1) is 19.8 Å². The van der Waals surface area contributed by atoms with Gasteiger partial charge in [-0.05, 0) is 44.9 Å². The molecule has 1 saturated heterocycles. The molecule has 1 fully saturated rings. The Morgan fingerprint density at radius 1 is 1.25 bits per heavy atom. The molecule has 0 radical (unpaired) electrons. The molecule has 0 aliphatic carbocycles. The smallest absolute Gasteiger partial charge is 0.253 e. The summed E-state index contributed by atoms with van der Waals surface area (Å²) >= 11 is 0. The van der Waals surface area contributed by atoms with Crippen LogP contribution in [-0.2, 0) is 4.74 Å². The molecule has 5 nitrogen and oxygen atoms in total. The van der Waals surface area contributed by atoms with E-state index in [1.165, 1.54) is 0 Å². The van der Waals surface area contributed by atoms with Gasteiger partial charge in [0.25, 0.3) is 5.91 Å². The van der Waals surface area contributed by atoms with Gasteiger partial charge in [-0.15, -0.1) is 0 Å².